The lowest BCUT2D eigenvalue weighted by atomic mass is 10.1. The Morgan fingerprint density at radius 1 is 0.714 bits per heavy atom. The molecule has 0 N–H and O–H groups in total. The van der Waals surface area contributed by atoms with E-state index in [4.69, 9.17) is 9.47 Å². The van der Waals surface area contributed by atoms with Crippen molar-refractivity contribution in [3.8, 4) is 0 Å². The third-order valence-electron chi connectivity index (χ3n) is 5.78. The Labute approximate surface area is 128 Å². The van der Waals surface area contributed by atoms with E-state index in [0.29, 0.717) is 0 Å². The second kappa shape index (κ2) is 6.53. The van der Waals surface area contributed by atoms with Crippen LogP contribution in [0.25, 0.3) is 0 Å². The molecule has 0 aromatic carbocycles. The first-order valence-corrected chi connectivity index (χ1v) is 9.05. The van der Waals surface area contributed by atoms with Crippen molar-refractivity contribution in [3.63, 3.8) is 0 Å². The van der Waals surface area contributed by atoms with Crippen LogP contribution in [0.1, 0.15) is 32.1 Å². The number of nitrogens with zero attached hydrogens (tertiary/aromatic N) is 2. The van der Waals surface area contributed by atoms with Crippen molar-refractivity contribution in [1.29, 1.82) is 0 Å². The Bertz CT molecular complexity index is 312. The van der Waals surface area contributed by atoms with Crippen LogP contribution in [0, 0.1) is 11.8 Å². The van der Waals surface area contributed by atoms with Crippen molar-refractivity contribution in [1.82, 2.24) is 9.80 Å². The van der Waals surface area contributed by atoms with Crippen LogP contribution in [0.3, 0.4) is 0 Å². The Balaban J connectivity index is 1.24. The normalized spacial score (nSPS) is 36.0. The standard InChI is InChI=1S/C17H30N2O2/c1(6-18-8-10-20-12-16(18)14-2-3-14)7-19-9-11-21-13-17(19)15-4-5-15/h14-17H,1-13H2/t16-,17+. The first-order chi connectivity index (χ1) is 10.4. The van der Waals surface area contributed by atoms with Crippen molar-refractivity contribution >= 4 is 0 Å². The molecule has 4 rings (SSSR count). The third-order valence-corrected chi connectivity index (χ3v) is 5.78. The molecule has 0 aromatic rings. The summed E-state index contributed by atoms with van der Waals surface area (Å²) in [5.74, 6) is 1.88. The molecule has 2 aliphatic carbocycles. The zero-order valence-electron chi connectivity index (χ0n) is 13.2. The molecule has 2 atom stereocenters. The molecule has 0 aromatic heterocycles. The van der Waals surface area contributed by atoms with Gasteiger partial charge in [-0.25, -0.2) is 0 Å². The summed E-state index contributed by atoms with van der Waals surface area (Å²) in [5, 5.41) is 0. The average Bonchev–Trinajstić information content (AvgIpc) is 3.41. The van der Waals surface area contributed by atoms with Gasteiger partial charge in [-0.15, -0.1) is 0 Å². The highest BCUT2D eigenvalue weighted by molar-refractivity contribution is 4.91. The number of ether oxygens (including phenoxy) is 2. The van der Waals surface area contributed by atoms with Crippen molar-refractivity contribution in [2.75, 3.05) is 52.6 Å². The summed E-state index contributed by atoms with van der Waals surface area (Å²) >= 11 is 0. The number of hydrogen-bond donors (Lipinski definition) is 0. The van der Waals surface area contributed by atoms with Gasteiger partial charge in [-0.05, 0) is 57.0 Å². The minimum Gasteiger partial charge on any atom is -0.378 e. The summed E-state index contributed by atoms with van der Waals surface area (Å²) in [7, 11) is 0. The van der Waals surface area contributed by atoms with Gasteiger partial charge in [0, 0.05) is 25.2 Å². The lowest BCUT2D eigenvalue weighted by Crippen LogP contribution is -2.49. The van der Waals surface area contributed by atoms with E-state index in [0.717, 1.165) is 63.4 Å². The van der Waals surface area contributed by atoms with Crippen molar-refractivity contribution in [2.45, 2.75) is 44.2 Å². The maximum atomic E-state index is 5.70. The smallest absolute Gasteiger partial charge is 0.0625 e. The number of rotatable bonds is 6. The molecule has 0 bridgehead atoms. The molecule has 4 fully saturated rings. The second-order valence-corrected chi connectivity index (χ2v) is 7.38. The van der Waals surface area contributed by atoms with Crippen molar-refractivity contribution < 1.29 is 9.47 Å². The molecule has 120 valence electrons. The molecule has 4 aliphatic rings. The van der Waals surface area contributed by atoms with E-state index in [2.05, 4.69) is 9.80 Å². The Morgan fingerprint density at radius 3 is 1.62 bits per heavy atom. The molecule has 2 aliphatic heterocycles. The van der Waals surface area contributed by atoms with Gasteiger partial charge in [0.1, 0.15) is 0 Å². The van der Waals surface area contributed by atoms with Gasteiger partial charge in [-0.2, -0.15) is 0 Å². The van der Waals surface area contributed by atoms with Crippen LogP contribution >= 0.6 is 0 Å². The van der Waals surface area contributed by atoms with Gasteiger partial charge < -0.3 is 9.47 Å². The third kappa shape index (κ3) is 3.61. The fourth-order valence-corrected chi connectivity index (χ4v) is 4.18. The van der Waals surface area contributed by atoms with Gasteiger partial charge in [0.05, 0.1) is 26.4 Å². The quantitative estimate of drug-likeness (QED) is 0.743. The highest BCUT2D eigenvalue weighted by Crippen LogP contribution is 2.37. The Hall–Kier alpha value is -0.160. The first-order valence-electron chi connectivity index (χ1n) is 9.05. The maximum Gasteiger partial charge on any atom is 0.0625 e. The fourth-order valence-electron chi connectivity index (χ4n) is 4.18. The molecule has 0 spiro atoms. The lowest BCUT2D eigenvalue weighted by Gasteiger charge is -2.38. The van der Waals surface area contributed by atoms with Crippen LogP contribution in [0.15, 0.2) is 0 Å². The van der Waals surface area contributed by atoms with Gasteiger partial charge >= 0.3 is 0 Å². The zero-order valence-corrected chi connectivity index (χ0v) is 13.2. The molecule has 0 amide bonds. The Morgan fingerprint density at radius 2 is 1.19 bits per heavy atom. The molecule has 2 saturated heterocycles. The van der Waals surface area contributed by atoms with Crippen LogP contribution in [-0.2, 0) is 9.47 Å². The summed E-state index contributed by atoms with van der Waals surface area (Å²) in [4.78, 5) is 5.43. The summed E-state index contributed by atoms with van der Waals surface area (Å²) < 4.78 is 11.4. The topological polar surface area (TPSA) is 24.9 Å². The van der Waals surface area contributed by atoms with E-state index in [-0.39, 0.29) is 0 Å². The molecular weight excluding hydrogens is 264 g/mol. The monoisotopic (exact) mass is 294 g/mol. The van der Waals surface area contributed by atoms with Crippen molar-refractivity contribution in [2.24, 2.45) is 11.8 Å². The van der Waals surface area contributed by atoms with E-state index >= 15 is 0 Å². The molecule has 2 saturated carbocycles. The summed E-state index contributed by atoms with van der Waals surface area (Å²) in [6.45, 7) is 8.65. The predicted molar refractivity (Wildman–Crippen MR) is 82.4 cm³/mol. The fraction of sp³-hybridized carbons (Fsp3) is 1.00. The Kier molecular flexibility index (Phi) is 4.49. The SMILES string of the molecule is C(CN1CCOC[C@@H]1C1CC1)CN1CCOC[C@H]1C1CC1. The van der Waals surface area contributed by atoms with Crippen LogP contribution < -0.4 is 0 Å². The van der Waals surface area contributed by atoms with Gasteiger partial charge in [0.25, 0.3) is 0 Å². The molecule has 0 unspecified atom stereocenters. The van der Waals surface area contributed by atoms with E-state index in [1.807, 2.05) is 0 Å². The van der Waals surface area contributed by atoms with Crippen LogP contribution in [0.5, 0.6) is 0 Å². The zero-order chi connectivity index (χ0) is 14.1. The van der Waals surface area contributed by atoms with E-state index in [1.54, 1.807) is 0 Å². The van der Waals surface area contributed by atoms with Crippen LogP contribution in [0.2, 0.25) is 0 Å². The summed E-state index contributed by atoms with van der Waals surface area (Å²) in [6.07, 6.45) is 7.03. The summed E-state index contributed by atoms with van der Waals surface area (Å²) in [6, 6.07) is 1.45. The molecule has 21 heavy (non-hydrogen) atoms. The lowest BCUT2D eigenvalue weighted by molar-refractivity contribution is -0.0289. The molecule has 4 heteroatoms. The minimum atomic E-state index is 0.725. The number of hydrogen-bond acceptors (Lipinski definition) is 4. The van der Waals surface area contributed by atoms with E-state index in [9.17, 15) is 0 Å². The molecule has 2 heterocycles. The largest absolute Gasteiger partial charge is 0.378 e. The molecule has 4 nitrogen and oxygen atoms in total. The van der Waals surface area contributed by atoms with E-state index < -0.39 is 0 Å². The second-order valence-electron chi connectivity index (χ2n) is 7.38. The van der Waals surface area contributed by atoms with E-state index in [1.165, 1.54) is 45.2 Å². The summed E-state index contributed by atoms with van der Waals surface area (Å²) in [5.41, 5.74) is 0. The minimum absolute atomic E-state index is 0.725. The predicted octanol–water partition coefficient (Wildman–Crippen LogP) is 1.60. The molecular formula is C17H30N2O2. The molecule has 0 radical (unpaired) electrons. The van der Waals surface area contributed by atoms with Gasteiger partial charge in [-0.3, -0.25) is 9.80 Å². The average molecular weight is 294 g/mol. The highest BCUT2D eigenvalue weighted by atomic mass is 16.5. The van der Waals surface area contributed by atoms with Crippen molar-refractivity contribution in [3.05, 3.63) is 0 Å². The first kappa shape index (κ1) is 14.4. The van der Waals surface area contributed by atoms with Crippen LogP contribution in [0.4, 0.5) is 0 Å². The van der Waals surface area contributed by atoms with Gasteiger partial charge in [0.2, 0.25) is 0 Å². The van der Waals surface area contributed by atoms with Gasteiger partial charge in [-0.1, -0.05) is 0 Å². The highest BCUT2D eigenvalue weighted by Gasteiger charge is 2.38. The maximum absolute atomic E-state index is 5.70. The number of morpholine rings is 2. The van der Waals surface area contributed by atoms with Gasteiger partial charge in [0.15, 0.2) is 0 Å². The van der Waals surface area contributed by atoms with Crippen LogP contribution in [-0.4, -0.2) is 74.5 Å².